The van der Waals surface area contributed by atoms with Gasteiger partial charge in [-0.15, -0.1) is 0 Å². The van der Waals surface area contributed by atoms with Gasteiger partial charge in [0, 0.05) is 4.90 Å². The summed E-state index contributed by atoms with van der Waals surface area (Å²) in [4.78, 5) is 11.0. The van der Waals surface area contributed by atoms with Crippen molar-refractivity contribution in [2.24, 2.45) is 0 Å². The SMILES string of the molecule is CC(C#N)S(=O)c1ccc(CC(=O)O)cc1. The van der Waals surface area contributed by atoms with Crippen LogP contribution in [0.15, 0.2) is 29.2 Å². The van der Waals surface area contributed by atoms with Gasteiger partial charge in [-0.1, -0.05) is 12.1 Å². The largest absolute Gasteiger partial charge is 0.481 e. The standard InChI is InChI=1S/C11H11NO3S/c1-8(7-12)16(15)10-4-2-9(3-5-10)6-11(13)14/h2-5,8H,6H2,1H3,(H,13,14). The highest BCUT2D eigenvalue weighted by atomic mass is 32.2. The Morgan fingerprint density at radius 1 is 1.50 bits per heavy atom. The van der Waals surface area contributed by atoms with Crippen molar-refractivity contribution >= 4 is 16.8 Å². The molecule has 0 amide bonds. The number of nitriles is 1. The summed E-state index contributed by atoms with van der Waals surface area (Å²) in [6.45, 7) is 1.58. The number of carbonyl (C=O) groups is 1. The zero-order valence-corrected chi connectivity index (χ0v) is 9.53. The molecule has 0 aliphatic carbocycles. The minimum Gasteiger partial charge on any atom is -0.481 e. The molecule has 0 aromatic heterocycles. The van der Waals surface area contributed by atoms with Gasteiger partial charge in [-0.2, -0.15) is 5.26 Å². The molecule has 0 saturated heterocycles. The third kappa shape index (κ3) is 3.17. The van der Waals surface area contributed by atoms with Gasteiger partial charge < -0.3 is 5.11 Å². The number of hydrogen-bond donors (Lipinski definition) is 1. The normalized spacial score (nSPS) is 13.8. The van der Waals surface area contributed by atoms with Crippen LogP contribution in [0.4, 0.5) is 0 Å². The summed E-state index contributed by atoms with van der Waals surface area (Å²) < 4.78 is 11.7. The third-order valence-electron chi connectivity index (χ3n) is 2.01. The van der Waals surface area contributed by atoms with Crippen molar-refractivity contribution in [3.63, 3.8) is 0 Å². The Morgan fingerprint density at radius 2 is 2.06 bits per heavy atom. The van der Waals surface area contributed by atoms with Crippen LogP contribution in [0.5, 0.6) is 0 Å². The van der Waals surface area contributed by atoms with Crippen LogP contribution < -0.4 is 0 Å². The predicted molar refractivity (Wildman–Crippen MR) is 59.3 cm³/mol. The second-order valence-corrected chi connectivity index (χ2v) is 5.06. The summed E-state index contributed by atoms with van der Waals surface area (Å²) in [7, 11) is -1.36. The first-order chi connectivity index (χ1) is 7.54. The Bertz CT molecular complexity index is 447. The molecule has 2 unspecified atom stereocenters. The number of hydrogen-bond acceptors (Lipinski definition) is 3. The molecule has 1 aromatic carbocycles. The summed E-state index contributed by atoms with van der Waals surface area (Å²) in [6, 6.07) is 8.35. The van der Waals surface area contributed by atoms with Gasteiger partial charge in [0.25, 0.3) is 0 Å². The maximum Gasteiger partial charge on any atom is 0.307 e. The van der Waals surface area contributed by atoms with E-state index in [4.69, 9.17) is 10.4 Å². The Kier molecular flexibility index (Phi) is 4.20. The van der Waals surface area contributed by atoms with E-state index in [0.29, 0.717) is 10.5 Å². The molecular weight excluding hydrogens is 226 g/mol. The Morgan fingerprint density at radius 3 is 2.50 bits per heavy atom. The van der Waals surface area contributed by atoms with E-state index in [0.717, 1.165) is 0 Å². The molecule has 4 nitrogen and oxygen atoms in total. The first kappa shape index (κ1) is 12.4. The van der Waals surface area contributed by atoms with Crippen LogP contribution in [0.2, 0.25) is 0 Å². The van der Waals surface area contributed by atoms with Gasteiger partial charge in [-0.3, -0.25) is 9.00 Å². The highest BCUT2D eigenvalue weighted by Gasteiger charge is 2.12. The molecule has 0 aliphatic heterocycles. The number of benzene rings is 1. The predicted octanol–water partition coefficient (Wildman–Crippen LogP) is 1.33. The summed E-state index contributed by atoms with van der Waals surface area (Å²) in [6.07, 6.45) is -0.0548. The molecule has 0 spiro atoms. The molecule has 1 aromatic rings. The molecule has 0 saturated carbocycles. The minimum absolute atomic E-state index is 0.0548. The van der Waals surface area contributed by atoms with Crippen LogP contribution in [0.1, 0.15) is 12.5 Å². The summed E-state index contributed by atoms with van der Waals surface area (Å²) >= 11 is 0. The van der Waals surface area contributed by atoms with Crippen molar-refractivity contribution in [3.05, 3.63) is 29.8 Å². The van der Waals surface area contributed by atoms with Crippen molar-refractivity contribution in [1.82, 2.24) is 0 Å². The van der Waals surface area contributed by atoms with Crippen LogP contribution in [-0.4, -0.2) is 20.5 Å². The Balaban J connectivity index is 2.83. The maximum absolute atomic E-state index is 11.7. The van der Waals surface area contributed by atoms with Gasteiger partial charge in [0.15, 0.2) is 0 Å². The lowest BCUT2D eigenvalue weighted by Crippen LogP contribution is -2.08. The Labute approximate surface area is 96.0 Å². The molecule has 0 radical (unpaired) electrons. The number of nitrogens with zero attached hydrogens (tertiary/aromatic N) is 1. The quantitative estimate of drug-likeness (QED) is 0.857. The first-order valence-electron chi connectivity index (χ1n) is 4.65. The van der Waals surface area contributed by atoms with E-state index >= 15 is 0 Å². The van der Waals surface area contributed by atoms with Crippen LogP contribution >= 0.6 is 0 Å². The van der Waals surface area contributed by atoms with E-state index in [2.05, 4.69) is 0 Å². The second kappa shape index (κ2) is 5.42. The van der Waals surface area contributed by atoms with Crippen molar-refractivity contribution in [3.8, 4) is 6.07 Å². The number of carboxylic acids is 1. The molecule has 1 N–H and O–H groups in total. The topological polar surface area (TPSA) is 78.2 Å². The van der Waals surface area contributed by atoms with Crippen molar-refractivity contribution in [1.29, 1.82) is 5.26 Å². The fraction of sp³-hybridized carbons (Fsp3) is 0.273. The van der Waals surface area contributed by atoms with Crippen molar-refractivity contribution in [2.75, 3.05) is 0 Å². The highest BCUT2D eigenvalue weighted by molar-refractivity contribution is 7.86. The highest BCUT2D eigenvalue weighted by Crippen LogP contribution is 2.12. The average Bonchev–Trinajstić information content (AvgIpc) is 2.27. The van der Waals surface area contributed by atoms with Crippen molar-refractivity contribution < 1.29 is 14.1 Å². The lowest BCUT2D eigenvalue weighted by Gasteiger charge is -2.04. The van der Waals surface area contributed by atoms with Crippen LogP contribution in [-0.2, 0) is 22.0 Å². The zero-order valence-electron chi connectivity index (χ0n) is 8.71. The van der Waals surface area contributed by atoms with Gasteiger partial charge in [0.2, 0.25) is 0 Å². The molecule has 0 aliphatic rings. The molecule has 84 valence electrons. The zero-order chi connectivity index (χ0) is 12.1. The first-order valence-corrected chi connectivity index (χ1v) is 5.87. The summed E-state index contributed by atoms with van der Waals surface area (Å²) in [5.74, 6) is -0.903. The summed E-state index contributed by atoms with van der Waals surface area (Å²) in [5.41, 5.74) is 0.651. The number of rotatable bonds is 4. The molecule has 0 fully saturated rings. The van der Waals surface area contributed by atoms with E-state index in [1.165, 1.54) is 0 Å². The fourth-order valence-corrected chi connectivity index (χ4v) is 2.08. The maximum atomic E-state index is 11.7. The lowest BCUT2D eigenvalue weighted by molar-refractivity contribution is -0.136. The van der Waals surface area contributed by atoms with Gasteiger partial charge in [0.1, 0.15) is 5.25 Å². The molecule has 0 heterocycles. The van der Waals surface area contributed by atoms with E-state index in [9.17, 15) is 9.00 Å². The van der Waals surface area contributed by atoms with E-state index in [-0.39, 0.29) is 6.42 Å². The molecule has 1 rings (SSSR count). The van der Waals surface area contributed by atoms with Gasteiger partial charge in [-0.25, -0.2) is 0 Å². The smallest absolute Gasteiger partial charge is 0.307 e. The minimum atomic E-state index is -1.36. The van der Waals surface area contributed by atoms with E-state index < -0.39 is 22.0 Å². The van der Waals surface area contributed by atoms with E-state index in [1.54, 1.807) is 31.2 Å². The van der Waals surface area contributed by atoms with Crippen molar-refractivity contribution in [2.45, 2.75) is 23.5 Å². The summed E-state index contributed by atoms with van der Waals surface area (Å²) in [5, 5.41) is 16.6. The van der Waals surface area contributed by atoms with Crippen LogP contribution in [0.25, 0.3) is 0 Å². The number of carboxylic acid groups (broad SMARTS) is 1. The molecule has 0 bridgehead atoms. The molecule has 5 heteroatoms. The van der Waals surface area contributed by atoms with Crippen LogP contribution in [0, 0.1) is 11.3 Å². The second-order valence-electron chi connectivity index (χ2n) is 3.28. The van der Waals surface area contributed by atoms with Crippen LogP contribution in [0.3, 0.4) is 0 Å². The van der Waals surface area contributed by atoms with Gasteiger partial charge in [0.05, 0.1) is 23.3 Å². The fourth-order valence-electron chi connectivity index (χ4n) is 1.17. The molecule has 2 atom stereocenters. The Hall–Kier alpha value is -1.67. The van der Waals surface area contributed by atoms with E-state index in [1.807, 2.05) is 6.07 Å². The van der Waals surface area contributed by atoms with Gasteiger partial charge in [-0.05, 0) is 24.6 Å². The molecular formula is C11H11NO3S. The monoisotopic (exact) mass is 237 g/mol. The average molecular weight is 237 g/mol. The lowest BCUT2D eigenvalue weighted by atomic mass is 10.2. The number of aliphatic carboxylic acids is 1. The third-order valence-corrected chi connectivity index (χ3v) is 3.50. The van der Waals surface area contributed by atoms with Gasteiger partial charge >= 0.3 is 5.97 Å². The molecule has 16 heavy (non-hydrogen) atoms.